The lowest BCUT2D eigenvalue weighted by atomic mass is 10.1. The summed E-state index contributed by atoms with van der Waals surface area (Å²) in [5.41, 5.74) is 3.97. The smallest absolute Gasteiger partial charge is 0.223 e. The fourth-order valence-electron chi connectivity index (χ4n) is 3.02. The number of methoxy groups -OCH3 is 1. The van der Waals surface area contributed by atoms with Gasteiger partial charge < -0.3 is 10.1 Å². The number of carbonyl (C=O) groups excluding carboxylic acids is 1. The van der Waals surface area contributed by atoms with Crippen LogP contribution in [0.4, 0.5) is 5.13 Å². The fourth-order valence-corrected chi connectivity index (χ4v) is 4.72. The Morgan fingerprint density at radius 1 is 1.19 bits per heavy atom. The first-order valence-electron chi connectivity index (χ1n) is 9.55. The lowest BCUT2D eigenvalue weighted by Gasteiger charge is -2.11. The summed E-state index contributed by atoms with van der Waals surface area (Å²) in [5.74, 6) is 2.04. The van der Waals surface area contributed by atoms with Crippen molar-refractivity contribution in [2.75, 3.05) is 12.4 Å². The summed E-state index contributed by atoms with van der Waals surface area (Å²) in [4.78, 5) is 15.7. The van der Waals surface area contributed by atoms with E-state index >= 15 is 0 Å². The predicted octanol–water partition coefficient (Wildman–Crippen LogP) is 4.96. The van der Waals surface area contributed by atoms with E-state index < -0.39 is 0 Å². The molecule has 4 aromatic rings. The Hall–Kier alpha value is -3.17. The number of nitrogens with zero attached hydrogens (tertiary/aromatic N) is 4. The first-order valence-corrected chi connectivity index (χ1v) is 11.4. The zero-order valence-corrected chi connectivity index (χ0v) is 19.0. The Labute approximate surface area is 188 Å². The standard InChI is InChI=1S/C22H21N5O2S2/c1-14-5-4-6-16(11-14)20-25-26-22(27(20)18-7-9-19(29-3)10-8-18)31-13-17-12-30-21(24-17)23-15(2)28/h4-12H,13H2,1-3H3,(H,23,24,28). The van der Waals surface area contributed by atoms with Crippen LogP contribution in [-0.2, 0) is 10.5 Å². The van der Waals surface area contributed by atoms with Crippen LogP contribution >= 0.6 is 23.1 Å². The molecule has 0 fully saturated rings. The van der Waals surface area contributed by atoms with E-state index in [1.807, 2.05) is 46.3 Å². The van der Waals surface area contributed by atoms with Gasteiger partial charge in [0.15, 0.2) is 16.1 Å². The average molecular weight is 452 g/mol. The van der Waals surface area contributed by atoms with Gasteiger partial charge in [-0.2, -0.15) is 0 Å². The van der Waals surface area contributed by atoms with Gasteiger partial charge in [0.05, 0.1) is 12.8 Å². The van der Waals surface area contributed by atoms with Crippen LogP contribution in [0.15, 0.2) is 59.1 Å². The maximum atomic E-state index is 11.2. The number of nitrogens with one attached hydrogen (secondary N) is 1. The summed E-state index contributed by atoms with van der Waals surface area (Å²) in [6.07, 6.45) is 0. The molecule has 0 aliphatic carbocycles. The van der Waals surface area contributed by atoms with Crippen LogP contribution in [0.3, 0.4) is 0 Å². The molecule has 0 aliphatic rings. The average Bonchev–Trinajstić information content (AvgIpc) is 3.38. The number of benzene rings is 2. The molecule has 0 bridgehead atoms. The van der Waals surface area contributed by atoms with Crippen molar-refractivity contribution in [1.29, 1.82) is 0 Å². The number of hydrogen-bond acceptors (Lipinski definition) is 7. The minimum absolute atomic E-state index is 0.129. The first-order chi connectivity index (χ1) is 15.0. The van der Waals surface area contributed by atoms with Crippen LogP contribution in [0.1, 0.15) is 18.2 Å². The molecule has 31 heavy (non-hydrogen) atoms. The summed E-state index contributed by atoms with van der Waals surface area (Å²) >= 11 is 2.95. The number of aromatic nitrogens is 4. The Bertz CT molecular complexity index is 1200. The predicted molar refractivity (Wildman–Crippen MR) is 124 cm³/mol. The summed E-state index contributed by atoms with van der Waals surface area (Å²) in [6.45, 7) is 3.53. The van der Waals surface area contributed by atoms with Gasteiger partial charge in [0.2, 0.25) is 5.91 Å². The number of thioether (sulfide) groups is 1. The second kappa shape index (κ2) is 9.32. The van der Waals surface area contributed by atoms with Crippen molar-refractivity contribution < 1.29 is 9.53 Å². The van der Waals surface area contributed by atoms with E-state index in [4.69, 9.17) is 4.74 Å². The molecular formula is C22H21N5O2S2. The van der Waals surface area contributed by atoms with E-state index in [-0.39, 0.29) is 5.91 Å². The zero-order chi connectivity index (χ0) is 21.8. The van der Waals surface area contributed by atoms with Crippen LogP contribution in [-0.4, -0.2) is 32.8 Å². The highest BCUT2D eigenvalue weighted by molar-refractivity contribution is 7.98. The molecule has 0 saturated carbocycles. The van der Waals surface area contributed by atoms with Gasteiger partial charge in [-0.15, -0.1) is 21.5 Å². The van der Waals surface area contributed by atoms with Crippen LogP contribution in [0.25, 0.3) is 17.1 Å². The summed E-state index contributed by atoms with van der Waals surface area (Å²) < 4.78 is 7.34. The third-order valence-corrected chi connectivity index (χ3v) is 6.19. The molecule has 0 saturated heterocycles. The van der Waals surface area contributed by atoms with Crippen LogP contribution in [0.5, 0.6) is 5.75 Å². The number of hydrogen-bond donors (Lipinski definition) is 1. The highest BCUT2D eigenvalue weighted by Gasteiger charge is 2.17. The SMILES string of the molecule is COc1ccc(-n2c(SCc3csc(NC(C)=O)n3)nnc2-c2cccc(C)c2)cc1. The van der Waals surface area contributed by atoms with Crippen molar-refractivity contribution in [1.82, 2.24) is 19.7 Å². The molecule has 7 nitrogen and oxygen atoms in total. The zero-order valence-electron chi connectivity index (χ0n) is 17.3. The molecule has 1 amide bonds. The van der Waals surface area contributed by atoms with Crippen molar-refractivity contribution in [2.45, 2.75) is 24.8 Å². The van der Waals surface area contributed by atoms with Crippen molar-refractivity contribution in [2.24, 2.45) is 0 Å². The molecular weight excluding hydrogens is 430 g/mol. The van der Waals surface area contributed by atoms with Crippen molar-refractivity contribution in [3.8, 4) is 22.8 Å². The molecule has 0 unspecified atom stereocenters. The largest absolute Gasteiger partial charge is 0.497 e. The maximum Gasteiger partial charge on any atom is 0.223 e. The van der Waals surface area contributed by atoms with Gasteiger partial charge in [-0.05, 0) is 37.3 Å². The Balaban J connectivity index is 1.66. The van der Waals surface area contributed by atoms with Gasteiger partial charge in [0.1, 0.15) is 5.75 Å². The van der Waals surface area contributed by atoms with Crippen LogP contribution in [0.2, 0.25) is 0 Å². The number of carbonyl (C=O) groups is 1. The van der Waals surface area contributed by atoms with Gasteiger partial charge in [0, 0.05) is 29.3 Å². The van der Waals surface area contributed by atoms with Gasteiger partial charge in [-0.3, -0.25) is 9.36 Å². The third-order valence-electron chi connectivity index (χ3n) is 4.42. The van der Waals surface area contributed by atoms with Gasteiger partial charge in [0.25, 0.3) is 0 Å². The normalized spacial score (nSPS) is 10.8. The summed E-state index contributed by atoms with van der Waals surface area (Å²) in [5, 5.41) is 15.0. The Morgan fingerprint density at radius 2 is 2.00 bits per heavy atom. The van der Waals surface area contributed by atoms with Gasteiger partial charge in [-0.1, -0.05) is 35.5 Å². The number of amides is 1. The Kier molecular flexibility index (Phi) is 6.34. The second-order valence-electron chi connectivity index (χ2n) is 6.82. The highest BCUT2D eigenvalue weighted by atomic mass is 32.2. The molecule has 2 aromatic carbocycles. The van der Waals surface area contributed by atoms with Crippen LogP contribution in [0, 0.1) is 6.92 Å². The molecule has 9 heteroatoms. The van der Waals surface area contributed by atoms with E-state index in [0.717, 1.165) is 39.2 Å². The van der Waals surface area contributed by atoms with E-state index in [9.17, 15) is 4.79 Å². The molecule has 1 N–H and O–H groups in total. The van der Waals surface area contributed by atoms with E-state index in [0.29, 0.717) is 10.9 Å². The summed E-state index contributed by atoms with van der Waals surface area (Å²) in [6, 6.07) is 16.0. The number of thiazole rings is 1. The Morgan fingerprint density at radius 3 is 2.71 bits per heavy atom. The molecule has 2 aromatic heterocycles. The third kappa shape index (κ3) is 4.95. The molecule has 0 radical (unpaired) electrons. The van der Waals surface area contributed by atoms with Gasteiger partial charge in [-0.25, -0.2) is 4.98 Å². The maximum absolute atomic E-state index is 11.2. The number of aryl methyl sites for hydroxylation is 1. The molecule has 4 rings (SSSR count). The van der Waals surface area contributed by atoms with E-state index in [1.54, 1.807) is 18.9 Å². The molecule has 0 aliphatic heterocycles. The quantitative estimate of drug-likeness (QED) is 0.400. The monoisotopic (exact) mass is 451 g/mol. The molecule has 158 valence electrons. The molecule has 2 heterocycles. The number of ether oxygens (including phenoxy) is 1. The van der Waals surface area contributed by atoms with E-state index in [2.05, 4.69) is 39.6 Å². The van der Waals surface area contributed by atoms with Crippen LogP contribution < -0.4 is 10.1 Å². The van der Waals surface area contributed by atoms with Gasteiger partial charge >= 0.3 is 0 Å². The van der Waals surface area contributed by atoms with Crippen molar-refractivity contribution in [3.63, 3.8) is 0 Å². The van der Waals surface area contributed by atoms with E-state index in [1.165, 1.54) is 18.3 Å². The fraction of sp³-hybridized carbons (Fsp3) is 0.182. The topological polar surface area (TPSA) is 81.9 Å². The first kappa shape index (κ1) is 21.1. The highest BCUT2D eigenvalue weighted by Crippen LogP contribution is 2.31. The minimum atomic E-state index is -0.129. The molecule has 0 atom stereocenters. The lowest BCUT2D eigenvalue weighted by molar-refractivity contribution is -0.114. The second-order valence-corrected chi connectivity index (χ2v) is 8.62. The molecule has 0 spiro atoms. The number of anilines is 1. The van der Waals surface area contributed by atoms with Crippen molar-refractivity contribution in [3.05, 3.63) is 65.2 Å². The lowest BCUT2D eigenvalue weighted by Crippen LogP contribution is -2.05. The summed E-state index contributed by atoms with van der Waals surface area (Å²) in [7, 11) is 1.65. The minimum Gasteiger partial charge on any atom is -0.497 e. The number of rotatable bonds is 7. The van der Waals surface area contributed by atoms with Crippen molar-refractivity contribution >= 4 is 34.1 Å².